The van der Waals surface area contributed by atoms with Crippen LogP contribution in [0.25, 0.3) is 0 Å². The Morgan fingerprint density at radius 3 is 1.72 bits per heavy atom. The number of nitro groups is 2. The number of carbonyl (C=O) groups excluding carboxylic acids is 2. The van der Waals surface area contributed by atoms with Crippen LogP contribution in [-0.4, -0.2) is 41.1 Å². The van der Waals surface area contributed by atoms with Gasteiger partial charge in [-0.3, -0.25) is 20.2 Å². The third-order valence-corrected chi connectivity index (χ3v) is 6.02. The maximum Gasteiger partial charge on any atom is 0.338 e. The Balaban J connectivity index is 1.61. The van der Waals surface area contributed by atoms with Gasteiger partial charge in [-0.25, -0.2) is 9.59 Å². The second-order valence-electron chi connectivity index (χ2n) is 8.84. The van der Waals surface area contributed by atoms with Crippen LogP contribution < -0.4 is 0 Å². The van der Waals surface area contributed by atoms with E-state index in [4.69, 9.17) is 14.2 Å². The zero-order chi connectivity index (χ0) is 28.4. The number of carbonyl (C=O) groups is 2. The summed E-state index contributed by atoms with van der Waals surface area (Å²) in [5.41, 5.74) is 1.04. The summed E-state index contributed by atoms with van der Waals surface area (Å²) in [6.45, 7) is 3.73. The minimum atomic E-state index is -0.629. The summed E-state index contributed by atoms with van der Waals surface area (Å²) in [6.07, 6.45) is -0.462. The van der Waals surface area contributed by atoms with E-state index in [1.165, 1.54) is 48.5 Å². The molecule has 0 radical (unpaired) electrons. The SMILES string of the molecule is C[C@@H](O[C@H](CCOC(=O)c1ccc([N+](=O)[O-])cc1)[C@@H](C)COC(=O)c1ccc([N+](=O)[O-])cc1)c1ccccc1. The van der Waals surface area contributed by atoms with Gasteiger partial charge in [0.15, 0.2) is 0 Å². The van der Waals surface area contributed by atoms with Crippen molar-refractivity contribution in [2.45, 2.75) is 32.5 Å². The Morgan fingerprint density at radius 1 is 0.744 bits per heavy atom. The van der Waals surface area contributed by atoms with E-state index >= 15 is 0 Å². The van der Waals surface area contributed by atoms with E-state index < -0.39 is 27.9 Å². The highest BCUT2D eigenvalue weighted by molar-refractivity contribution is 5.90. The first kappa shape index (κ1) is 28.9. The van der Waals surface area contributed by atoms with E-state index in [1.807, 2.05) is 44.2 Å². The van der Waals surface area contributed by atoms with Gasteiger partial charge in [-0.05, 0) is 36.8 Å². The van der Waals surface area contributed by atoms with Gasteiger partial charge in [-0.15, -0.1) is 0 Å². The van der Waals surface area contributed by atoms with E-state index in [0.717, 1.165) is 5.56 Å². The van der Waals surface area contributed by atoms with Gasteiger partial charge in [0.05, 0.1) is 46.4 Å². The van der Waals surface area contributed by atoms with Gasteiger partial charge in [0.1, 0.15) is 0 Å². The number of rotatable bonds is 13. The molecule has 0 aromatic heterocycles. The molecule has 0 saturated heterocycles. The molecule has 0 N–H and O–H groups in total. The van der Waals surface area contributed by atoms with Crippen LogP contribution in [0.4, 0.5) is 11.4 Å². The van der Waals surface area contributed by atoms with E-state index in [9.17, 15) is 29.8 Å². The standard InChI is InChI=1S/C28H28N2O9/c1-19(18-38-28(32)23-10-14-25(15-11-23)30(35)36)26(39-20(2)21-6-4-3-5-7-21)16-17-37-27(31)22-8-12-24(13-9-22)29(33)34/h3-15,19-20,26H,16-18H2,1-2H3/t19-,20+,26+/m0/s1. The van der Waals surface area contributed by atoms with Crippen molar-refractivity contribution in [1.82, 2.24) is 0 Å². The van der Waals surface area contributed by atoms with E-state index in [2.05, 4.69) is 0 Å². The molecule has 0 aliphatic rings. The second-order valence-corrected chi connectivity index (χ2v) is 8.84. The summed E-state index contributed by atoms with van der Waals surface area (Å²) in [5, 5.41) is 21.6. The molecular weight excluding hydrogens is 508 g/mol. The predicted molar refractivity (Wildman–Crippen MR) is 140 cm³/mol. The Kier molecular flexibility index (Phi) is 10.2. The summed E-state index contributed by atoms with van der Waals surface area (Å²) in [6, 6.07) is 19.8. The highest BCUT2D eigenvalue weighted by Gasteiger charge is 2.24. The van der Waals surface area contributed by atoms with Crippen LogP contribution in [0.3, 0.4) is 0 Å². The number of benzene rings is 3. The Morgan fingerprint density at radius 2 is 1.23 bits per heavy atom. The fourth-order valence-electron chi connectivity index (χ4n) is 3.74. The lowest BCUT2D eigenvalue weighted by Gasteiger charge is -2.27. The monoisotopic (exact) mass is 536 g/mol. The van der Waals surface area contributed by atoms with Crippen LogP contribution in [0.2, 0.25) is 0 Å². The first-order valence-electron chi connectivity index (χ1n) is 12.2. The van der Waals surface area contributed by atoms with Crippen LogP contribution in [0.5, 0.6) is 0 Å². The van der Waals surface area contributed by atoms with Gasteiger partial charge in [0.25, 0.3) is 11.4 Å². The van der Waals surface area contributed by atoms with Gasteiger partial charge in [0.2, 0.25) is 0 Å². The minimum absolute atomic E-state index is 0.00169. The van der Waals surface area contributed by atoms with Crippen LogP contribution in [0.1, 0.15) is 52.7 Å². The average molecular weight is 537 g/mol. The van der Waals surface area contributed by atoms with Crippen molar-refractivity contribution in [3.05, 3.63) is 116 Å². The number of esters is 2. The summed E-state index contributed by atoms with van der Waals surface area (Å²) in [5.74, 6) is -1.55. The molecule has 3 rings (SSSR count). The first-order chi connectivity index (χ1) is 18.7. The molecule has 0 spiro atoms. The first-order valence-corrected chi connectivity index (χ1v) is 12.2. The molecule has 3 aromatic carbocycles. The largest absolute Gasteiger partial charge is 0.462 e. The zero-order valence-electron chi connectivity index (χ0n) is 21.4. The van der Waals surface area contributed by atoms with Crippen molar-refractivity contribution < 1.29 is 33.6 Å². The molecule has 39 heavy (non-hydrogen) atoms. The van der Waals surface area contributed by atoms with Crippen molar-refractivity contribution in [2.24, 2.45) is 5.92 Å². The quantitative estimate of drug-likeness (QED) is 0.153. The summed E-state index contributed by atoms with van der Waals surface area (Å²) in [7, 11) is 0. The molecule has 0 aliphatic carbocycles. The van der Waals surface area contributed by atoms with Crippen LogP contribution in [0.15, 0.2) is 78.9 Å². The molecule has 0 fully saturated rings. The number of hydrogen-bond donors (Lipinski definition) is 0. The van der Waals surface area contributed by atoms with Gasteiger partial charge in [-0.2, -0.15) is 0 Å². The number of nitro benzene ring substituents is 2. The van der Waals surface area contributed by atoms with Crippen molar-refractivity contribution in [3.63, 3.8) is 0 Å². The summed E-state index contributed by atoms with van der Waals surface area (Å²) < 4.78 is 17.1. The Bertz CT molecular complexity index is 1280. The minimum Gasteiger partial charge on any atom is -0.462 e. The maximum atomic E-state index is 12.5. The van der Waals surface area contributed by atoms with Gasteiger partial charge in [-0.1, -0.05) is 37.3 Å². The van der Waals surface area contributed by atoms with Crippen molar-refractivity contribution in [2.75, 3.05) is 13.2 Å². The molecule has 0 unspecified atom stereocenters. The molecule has 0 amide bonds. The molecule has 0 aliphatic heterocycles. The second kappa shape index (κ2) is 13.8. The number of non-ortho nitro benzene ring substituents is 2. The lowest BCUT2D eigenvalue weighted by atomic mass is 10.0. The van der Waals surface area contributed by atoms with E-state index in [-0.39, 0.29) is 47.7 Å². The topological polar surface area (TPSA) is 148 Å². The lowest BCUT2D eigenvalue weighted by Crippen LogP contribution is -2.29. The predicted octanol–water partition coefficient (Wildman–Crippen LogP) is 5.69. The van der Waals surface area contributed by atoms with Gasteiger partial charge in [0, 0.05) is 36.6 Å². The molecule has 0 bridgehead atoms. The smallest absolute Gasteiger partial charge is 0.338 e. The average Bonchev–Trinajstić information content (AvgIpc) is 2.95. The van der Waals surface area contributed by atoms with Crippen LogP contribution in [0, 0.1) is 26.1 Å². The maximum absolute atomic E-state index is 12.5. The third-order valence-electron chi connectivity index (χ3n) is 6.02. The fraction of sp³-hybridized carbons (Fsp3) is 0.286. The highest BCUT2D eigenvalue weighted by atomic mass is 16.6. The molecular formula is C28H28N2O9. The molecule has 204 valence electrons. The van der Waals surface area contributed by atoms with Crippen LogP contribution >= 0.6 is 0 Å². The number of nitrogens with zero attached hydrogens (tertiary/aromatic N) is 2. The molecule has 11 nitrogen and oxygen atoms in total. The Labute approximate surface area is 224 Å². The van der Waals surface area contributed by atoms with Gasteiger partial charge < -0.3 is 14.2 Å². The van der Waals surface area contributed by atoms with Crippen molar-refractivity contribution in [1.29, 1.82) is 0 Å². The van der Waals surface area contributed by atoms with Crippen molar-refractivity contribution >= 4 is 23.3 Å². The molecule has 3 aromatic rings. The molecule has 0 saturated carbocycles. The van der Waals surface area contributed by atoms with Gasteiger partial charge >= 0.3 is 11.9 Å². The zero-order valence-corrected chi connectivity index (χ0v) is 21.4. The molecule has 3 atom stereocenters. The Hall–Kier alpha value is -4.64. The van der Waals surface area contributed by atoms with Crippen LogP contribution in [-0.2, 0) is 14.2 Å². The van der Waals surface area contributed by atoms with E-state index in [1.54, 1.807) is 0 Å². The lowest BCUT2D eigenvalue weighted by molar-refractivity contribution is -0.385. The number of hydrogen-bond acceptors (Lipinski definition) is 9. The normalized spacial score (nSPS) is 13.1. The molecule has 11 heteroatoms. The molecule has 0 heterocycles. The highest BCUT2D eigenvalue weighted by Crippen LogP contribution is 2.24. The van der Waals surface area contributed by atoms with Crippen molar-refractivity contribution in [3.8, 4) is 0 Å². The number of ether oxygens (including phenoxy) is 3. The third kappa shape index (κ3) is 8.44. The van der Waals surface area contributed by atoms with E-state index in [0.29, 0.717) is 6.42 Å². The summed E-state index contributed by atoms with van der Waals surface area (Å²) in [4.78, 5) is 45.4. The summed E-state index contributed by atoms with van der Waals surface area (Å²) >= 11 is 0. The fourth-order valence-corrected chi connectivity index (χ4v) is 3.74.